The summed E-state index contributed by atoms with van der Waals surface area (Å²) in [4.78, 5) is 32.4. The molecule has 0 bridgehead atoms. The number of carbonyl (C=O) groups excluding carboxylic acids is 2. The molecule has 0 atom stereocenters. The lowest BCUT2D eigenvalue weighted by molar-refractivity contribution is -0.131. The fraction of sp³-hybridized carbons (Fsp3) is 0.375. The van der Waals surface area contributed by atoms with Crippen LogP contribution in [0.3, 0.4) is 0 Å². The zero-order valence-electron chi connectivity index (χ0n) is 24.3. The fourth-order valence-corrected chi connectivity index (χ4v) is 6.05. The predicted molar refractivity (Wildman–Crippen MR) is 164 cm³/mol. The summed E-state index contributed by atoms with van der Waals surface area (Å²) >= 11 is 0. The van der Waals surface area contributed by atoms with Crippen LogP contribution >= 0.6 is 0 Å². The highest BCUT2D eigenvalue weighted by molar-refractivity contribution is 7.92. The van der Waals surface area contributed by atoms with E-state index in [2.05, 4.69) is 9.62 Å². The van der Waals surface area contributed by atoms with Crippen LogP contribution in [0.25, 0.3) is 0 Å². The van der Waals surface area contributed by atoms with E-state index in [1.54, 1.807) is 48.3 Å². The van der Waals surface area contributed by atoms with Crippen molar-refractivity contribution in [3.8, 4) is 0 Å². The molecule has 8 nitrogen and oxygen atoms in total. The molecule has 4 rings (SSSR count). The molecular weight excluding hydrogens is 536 g/mol. The lowest BCUT2D eigenvalue weighted by atomic mass is 10.1. The SMILES string of the molecule is Cc1ccc(S(=O)(=O)Nc2ccc(N3CCCN(C(=O)CC(C)C)CC3)c(C(=O)N(C)Cc3ccccc3)c2)cc1. The monoisotopic (exact) mass is 576 g/mol. The number of hydrogen-bond donors (Lipinski definition) is 1. The molecule has 1 N–H and O–H groups in total. The van der Waals surface area contributed by atoms with Gasteiger partial charge in [-0.1, -0.05) is 61.9 Å². The minimum Gasteiger partial charge on any atom is -0.369 e. The summed E-state index contributed by atoms with van der Waals surface area (Å²) in [5, 5.41) is 0. The van der Waals surface area contributed by atoms with Crippen LogP contribution in [-0.2, 0) is 21.4 Å². The van der Waals surface area contributed by atoms with Gasteiger partial charge in [0.1, 0.15) is 0 Å². The first-order valence-corrected chi connectivity index (χ1v) is 15.6. The molecule has 0 unspecified atom stereocenters. The van der Waals surface area contributed by atoms with Gasteiger partial charge in [-0.15, -0.1) is 0 Å². The Hall–Kier alpha value is -3.85. The highest BCUT2D eigenvalue weighted by Gasteiger charge is 2.25. The van der Waals surface area contributed by atoms with E-state index in [1.165, 1.54) is 0 Å². The zero-order chi connectivity index (χ0) is 29.6. The van der Waals surface area contributed by atoms with E-state index >= 15 is 0 Å². The van der Waals surface area contributed by atoms with Crippen molar-refractivity contribution in [2.45, 2.75) is 45.1 Å². The minimum absolute atomic E-state index is 0.153. The molecule has 41 heavy (non-hydrogen) atoms. The third kappa shape index (κ3) is 7.88. The normalized spacial score (nSPS) is 14.1. The summed E-state index contributed by atoms with van der Waals surface area (Å²) in [6.45, 7) is 8.91. The van der Waals surface area contributed by atoms with Gasteiger partial charge in [-0.25, -0.2) is 8.42 Å². The molecule has 0 aromatic heterocycles. The minimum atomic E-state index is -3.84. The number of nitrogens with zero attached hydrogens (tertiary/aromatic N) is 3. The Balaban J connectivity index is 1.63. The Morgan fingerprint density at radius 2 is 1.63 bits per heavy atom. The van der Waals surface area contributed by atoms with Crippen LogP contribution in [0.4, 0.5) is 11.4 Å². The Labute approximate surface area is 244 Å². The number of carbonyl (C=O) groups is 2. The number of anilines is 2. The maximum Gasteiger partial charge on any atom is 0.261 e. The predicted octanol–water partition coefficient (Wildman–Crippen LogP) is 5.15. The molecule has 0 radical (unpaired) electrons. The molecule has 3 aromatic rings. The number of amides is 2. The van der Waals surface area contributed by atoms with E-state index in [9.17, 15) is 18.0 Å². The highest BCUT2D eigenvalue weighted by atomic mass is 32.2. The summed E-state index contributed by atoms with van der Waals surface area (Å²) in [5.41, 5.74) is 3.41. The van der Waals surface area contributed by atoms with E-state index in [-0.39, 0.29) is 16.7 Å². The lowest BCUT2D eigenvalue weighted by Gasteiger charge is -2.28. The summed E-state index contributed by atoms with van der Waals surface area (Å²) in [6.07, 6.45) is 1.29. The second-order valence-corrected chi connectivity index (χ2v) is 12.8. The van der Waals surface area contributed by atoms with Crippen molar-refractivity contribution < 1.29 is 18.0 Å². The van der Waals surface area contributed by atoms with Crippen molar-refractivity contribution in [1.82, 2.24) is 9.80 Å². The second kappa shape index (κ2) is 13.2. The largest absolute Gasteiger partial charge is 0.369 e. The maximum atomic E-state index is 13.9. The number of hydrogen-bond acceptors (Lipinski definition) is 5. The van der Waals surface area contributed by atoms with Gasteiger partial charge in [0, 0.05) is 57.6 Å². The Kier molecular flexibility index (Phi) is 9.70. The summed E-state index contributed by atoms with van der Waals surface area (Å²) in [5.74, 6) is 0.237. The smallest absolute Gasteiger partial charge is 0.261 e. The van der Waals surface area contributed by atoms with E-state index < -0.39 is 10.0 Å². The highest BCUT2D eigenvalue weighted by Crippen LogP contribution is 2.29. The van der Waals surface area contributed by atoms with Crippen molar-refractivity contribution in [3.63, 3.8) is 0 Å². The second-order valence-electron chi connectivity index (χ2n) is 11.1. The van der Waals surface area contributed by atoms with Crippen molar-refractivity contribution in [3.05, 3.63) is 89.5 Å². The molecule has 0 saturated carbocycles. The summed E-state index contributed by atoms with van der Waals surface area (Å²) < 4.78 is 28.9. The average Bonchev–Trinajstić information content (AvgIpc) is 3.19. The van der Waals surface area contributed by atoms with Crippen LogP contribution in [0.5, 0.6) is 0 Å². The van der Waals surface area contributed by atoms with Gasteiger partial charge in [0.05, 0.1) is 10.5 Å². The van der Waals surface area contributed by atoms with Crippen molar-refractivity contribution >= 4 is 33.2 Å². The summed E-state index contributed by atoms with van der Waals surface area (Å²) in [6, 6.07) is 21.5. The number of rotatable bonds is 9. The number of benzene rings is 3. The Bertz CT molecular complexity index is 1460. The number of aryl methyl sites for hydroxylation is 1. The van der Waals surface area contributed by atoms with Crippen molar-refractivity contribution in [2.24, 2.45) is 5.92 Å². The molecule has 9 heteroatoms. The van der Waals surface area contributed by atoms with E-state index in [0.717, 1.165) is 23.2 Å². The van der Waals surface area contributed by atoms with E-state index in [4.69, 9.17) is 0 Å². The molecule has 1 aliphatic rings. The van der Waals surface area contributed by atoms with Gasteiger partial charge >= 0.3 is 0 Å². The van der Waals surface area contributed by atoms with Crippen LogP contribution in [-0.4, -0.2) is 63.3 Å². The van der Waals surface area contributed by atoms with Gasteiger partial charge in [0.25, 0.3) is 15.9 Å². The average molecular weight is 577 g/mol. The molecule has 0 spiro atoms. The van der Waals surface area contributed by atoms with Crippen LogP contribution in [0, 0.1) is 12.8 Å². The molecule has 1 aliphatic heterocycles. The Morgan fingerprint density at radius 1 is 0.927 bits per heavy atom. The molecule has 218 valence electrons. The number of nitrogens with one attached hydrogen (secondary N) is 1. The van der Waals surface area contributed by atoms with Gasteiger partial charge < -0.3 is 14.7 Å². The van der Waals surface area contributed by atoms with Crippen LogP contribution in [0.15, 0.2) is 77.7 Å². The quantitative estimate of drug-likeness (QED) is 0.381. The Morgan fingerprint density at radius 3 is 2.32 bits per heavy atom. The third-order valence-electron chi connectivity index (χ3n) is 7.19. The van der Waals surface area contributed by atoms with Crippen molar-refractivity contribution in [1.29, 1.82) is 0 Å². The molecule has 3 aromatic carbocycles. The van der Waals surface area contributed by atoms with Gasteiger partial charge in [0.2, 0.25) is 5.91 Å². The van der Waals surface area contributed by atoms with Gasteiger partial charge in [-0.2, -0.15) is 0 Å². The van der Waals surface area contributed by atoms with Crippen LogP contribution in [0.2, 0.25) is 0 Å². The molecule has 0 aliphatic carbocycles. The fourth-order valence-electron chi connectivity index (χ4n) is 5.00. The van der Waals surface area contributed by atoms with Gasteiger partial charge in [-0.3, -0.25) is 14.3 Å². The first-order valence-electron chi connectivity index (χ1n) is 14.1. The first-order chi connectivity index (χ1) is 19.5. The molecule has 1 fully saturated rings. The lowest BCUT2D eigenvalue weighted by Crippen LogP contribution is -2.36. The van der Waals surface area contributed by atoms with Gasteiger partial charge in [-0.05, 0) is 55.2 Å². The maximum absolute atomic E-state index is 13.9. The molecule has 1 saturated heterocycles. The van der Waals surface area contributed by atoms with Crippen LogP contribution in [0.1, 0.15) is 48.2 Å². The summed E-state index contributed by atoms with van der Waals surface area (Å²) in [7, 11) is -2.10. The third-order valence-corrected chi connectivity index (χ3v) is 8.59. The molecule has 1 heterocycles. The number of sulfonamides is 1. The topological polar surface area (TPSA) is 90.0 Å². The molecular formula is C32H40N4O4S. The van der Waals surface area contributed by atoms with Crippen LogP contribution < -0.4 is 9.62 Å². The first kappa shape index (κ1) is 30.1. The zero-order valence-corrected chi connectivity index (χ0v) is 25.2. The van der Waals surface area contributed by atoms with Gasteiger partial charge in [0.15, 0.2) is 0 Å². The molecule has 2 amide bonds. The standard InChI is InChI=1S/C32H40N4O4S/c1-24(2)21-31(37)36-18-8-17-35(19-20-36)30-16-13-27(33-41(39,40)28-14-11-25(3)12-15-28)22-29(30)32(38)34(4)23-26-9-6-5-7-10-26/h5-7,9-16,22,24,33H,8,17-21,23H2,1-4H3. The van der Waals surface area contributed by atoms with Crippen molar-refractivity contribution in [2.75, 3.05) is 42.8 Å². The van der Waals surface area contributed by atoms with E-state index in [1.807, 2.05) is 62.1 Å². The van der Waals surface area contributed by atoms with E-state index in [0.29, 0.717) is 56.3 Å².